The predicted molar refractivity (Wildman–Crippen MR) is 118 cm³/mol. The molecule has 1 aliphatic carbocycles. The number of rotatable bonds is 4. The van der Waals surface area contributed by atoms with Crippen molar-refractivity contribution in [1.82, 2.24) is 9.88 Å². The van der Waals surface area contributed by atoms with Crippen molar-refractivity contribution in [2.45, 2.75) is 71.1 Å². The van der Waals surface area contributed by atoms with E-state index in [4.69, 9.17) is 4.74 Å². The molecule has 9 heteroatoms. The fraction of sp³-hybridized carbons (Fsp3) is 0.591. The van der Waals surface area contributed by atoms with Crippen molar-refractivity contribution < 1.29 is 23.8 Å². The summed E-state index contributed by atoms with van der Waals surface area (Å²) in [6, 6.07) is 1.61. The van der Waals surface area contributed by atoms with Crippen LogP contribution in [0.25, 0.3) is 10.2 Å². The van der Waals surface area contributed by atoms with Gasteiger partial charge in [-0.05, 0) is 53.4 Å². The zero-order chi connectivity index (χ0) is 22.5. The number of ether oxygens (including phenoxy) is 1. The van der Waals surface area contributed by atoms with Gasteiger partial charge in [0.1, 0.15) is 22.5 Å². The van der Waals surface area contributed by atoms with Crippen LogP contribution >= 0.6 is 11.3 Å². The summed E-state index contributed by atoms with van der Waals surface area (Å²) in [6.45, 7) is 8.67. The molecule has 2 aliphatic rings. The highest BCUT2D eigenvalue weighted by Gasteiger charge is 2.41. The summed E-state index contributed by atoms with van der Waals surface area (Å²) in [6.07, 6.45) is 3.22. The van der Waals surface area contributed by atoms with E-state index >= 15 is 0 Å². The number of carboxylic acids is 1. The lowest BCUT2D eigenvalue weighted by molar-refractivity contribution is 0.0113. The van der Waals surface area contributed by atoms with E-state index in [-0.39, 0.29) is 23.7 Å². The lowest BCUT2D eigenvalue weighted by Gasteiger charge is -2.40. The minimum absolute atomic E-state index is 0.0781. The van der Waals surface area contributed by atoms with Gasteiger partial charge in [0.25, 0.3) is 0 Å². The molecule has 1 saturated heterocycles. The number of hydrogen-bond donors (Lipinski definition) is 1. The lowest BCUT2D eigenvalue weighted by atomic mass is 10.0. The molecule has 1 aromatic heterocycles. The second-order valence-electron chi connectivity index (χ2n) is 9.31. The maximum absolute atomic E-state index is 14.7. The van der Waals surface area contributed by atoms with Crippen LogP contribution in [0.2, 0.25) is 0 Å². The number of anilines is 1. The van der Waals surface area contributed by atoms with Gasteiger partial charge in [-0.25, -0.2) is 19.0 Å². The number of hydrogen-bond acceptors (Lipinski definition) is 6. The van der Waals surface area contributed by atoms with Gasteiger partial charge in [0.05, 0.1) is 15.4 Å². The van der Waals surface area contributed by atoms with Crippen LogP contribution in [0.4, 0.5) is 14.9 Å². The number of halogens is 1. The minimum atomic E-state index is -1.28. The Morgan fingerprint density at radius 3 is 2.39 bits per heavy atom. The molecule has 1 N–H and O–H groups in total. The molecule has 0 radical (unpaired) electrons. The second kappa shape index (κ2) is 7.93. The summed E-state index contributed by atoms with van der Waals surface area (Å²) < 4.78 is 20.7. The quantitative estimate of drug-likeness (QED) is 0.721. The van der Waals surface area contributed by atoms with Gasteiger partial charge in [-0.1, -0.05) is 0 Å². The number of benzene rings is 1. The number of thiazole rings is 1. The van der Waals surface area contributed by atoms with Crippen LogP contribution < -0.4 is 4.90 Å². The van der Waals surface area contributed by atoms with Crippen molar-refractivity contribution in [3.05, 3.63) is 22.5 Å². The zero-order valence-electron chi connectivity index (χ0n) is 18.3. The van der Waals surface area contributed by atoms with Crippen LogP contribution in [-0.4, -0.2) is 57.8 Å². The first kappa shape index (κ1) is 21.8. The fourth-order valence-electron chi connectivity index (χ4n) is 4.23. The molecule has 168 valence electrons. The van der Waals surface area contributed by atoms with Crippen LogP contribution in [0.15, 0.2) is 6.07 Å². The molecule has 4 rings (SSSR count). The van der Waals surface area contributed by atoms with Crippen molar-refractivity contribution in [2.24, 2.45) is 0 Å². The average Bonchev–Trinajstić information content (AvgIpc) is 3.40. The second-order valence-corrected chi connectivity index (χ2v) is 10.5. The third-order valence-corrected chi connectivity index (χ3v) is 6.65. The summed E-state index contributed by atoms with van der Waals surface area (Å²) in [4.78, 5) is 32.8. The number of aromatic carboxylic acids is 1. The zero-order valence-corrected chi connectivity index (χ0v) is 19.1. The molecular formula is C22H28FN3O4S. The van der Waals surface area contributed by atoms with Crippen molar-refractivity contribution in [1.29, 1.82) is 0 Å². The Kier molecular flexibility index (Phi) is 5.57. The lowest BCUT2D eigenvalue weighted by Crippen LogP contribution is -2.50. The van der Waals surface area contributed by atoms with Crippen molar-refractivity contribution in [3.8, 4) is 0 Å². The van der Waals surface area contributed by atoms with Gasteiger partial charge < -0.3 is 19.6 Å². The highest BCUT2D eigenvalue weighted by molar-refractivity contribution is 7.19. The standard InChI is InChI=1S/C22H28FN3O4S/c1-12-24-18-16(11-15(23)17(20(27)28)19(18)31-12)25-9-7-14(8-10-25)26(13-5-6-13)21(29)30-22(2,3)4/h11,13-14H,5-10H2,1-4H3,(H,27,28). The smallest absolute Gasteiger partial charge is 0.410 e. The molecule has 31 heavy (non-hydrogen) atoms. The highest BCUT2D eigenvalue weighted by Crippen LogP contribution is 2.38. The van der Waals surface area contributed by atoms with E-state index in [9.17, 15) is 19.1 Å². The highest BCUT2D eigenvalue weighted by atomic mass is 32.1. The van der Waals surface area contributed by atoms with Crippen LogP contribution in [0.5, 0.6) is 0 Å². The number of carbonyl (C=O) groups is 2. The normalized spacial score (nSPS) is 17.8. The molecule has 2 fully saturated rings. The Hall–Kier alpha value is -2.42. The topological polar surface area (TPSA) is 83.0 Å². The van der Waals surface area contributed by atoms with Gasteiger partial charge in [-0.3, -0.25) is 0 Å². The number of fused-ring (bicyclic) bond motifs is 1. The Balaban J connectivity index is 1.55. The molecule has 0 unspecified atom stereocenters. The Morgan fingerprint density at radius 2 is 1.84 bits per heavy atom. The number of nitrogens with zero attached hydrogens (tertiary/aromatic N) is 3. The number of aryl methyl sites for hydroxylation is 1. The molecule has 0 bridgehead atoms. The van der Waals surface area contributed by atoms with E-state index < -0.39 is 17.4 Å². The fourth-order valence-corrected chi connectivity index (χ4v) is 5.19. The molecule has 1 amide bonds. The summed E-state index contributed by atoms with van der Waals surface area (Å²) in [5.41, 5.74) is 0.299. The SMILES string of the molecule is Cc1nc2c(N3CCC(N(C(=O)OC(C)(C)C)C4CC4)CC3)cc(F)c(C(=O)O)c2s1. The molecule has 2 heterocycles. The largest absolute Gasteiger partial charge is 0.478 e. The summed E-state index contributed by atoms with van der Waals surface area (Å²) >= 11 is 1.20. The van der Waals surface area contributed by atoms with Gasteiger partial charge in [0, 0.05) is 31.2 Å². The summed E-state index contributed by atoms with van der Waals surface area (Å²) in [7, 11) is 0. The Morgan fingerprint density at radius 1 is 1.23 bits per heavy atom. The van der Waals surface area contributed by atoms with Gasteiger partial charge >= 0.3 is 12.1 Å². The van der Waals surface area contributed by atoms with E-state index in [0.717, 1.165) is 25.7 Å². The number of piperidine rings is 1. The molecular weight excluding hydrogens is 421 g/mol. The average molecular weight is 450 g/mol. The molecule has 1 saturated carbocycles. The first-order valence-electron chi connectivity index (χ1n) is 10.6. The predicted octanol–water partition coefficient (Wildman–Crippen LogP) is 4.81. The maximum atomic E-state index is 14.7. The van der Waals surface area contributed by atoms with Crippen molar-refractivity contribution >= 4 is 39.3 Å². The molecule has 0 spiro atoms. The first-order valence-corrected chi connectivity index (χ1v) is 11.5. The first-order chi connectivity index (χ1) is 14.5. The third kappa shape index (κ3) is 4.46. The monoisotopic (exact) mass is 449 g/mol. The number of carbonyl (C=O) groups excluding carboxylic acids is 1. The van der Waals surface area contributed by atoms with E-state index in [2.05, 4.69) is 4.98 Å². The third-order valence-electron chi connectivity index (χ3n) is 5.66. The van der Waals surface area contributed by atoms with Gasteiger partial charge in [0.2, 0.25) is 0 Å². The van der Waals surface area contributed by atoms with E-state index in [1.807, 2.05) is 30.6 Å². The Bertz CT molecular complexity index is 1020. The molecule has 0 atom stereocenters. The number of amides is 1. The molecule has 1 aliphatic heterocycles. The van der Waals surface area contributed by atoms with Crippen LogP contribution in [0.1, 0.15) is 61.8 Å². The Labute approximate surface area is 184 Å². The summed E-state index contributed by atoms with van der Waals surface area (Å²) in [5.74, 6) is -2.03. The van der Waals surface area contributed by atoms with E-state index in [1.165, 1.54) is 17.4 Å². The van der Waals surface area contributed by atoms with Gasteiger partial charge in [-0.2, -0.15) is 0 Å². The number of aromatic nitrogens is 1. The van der Waals surface area contributed by atoms with Crippen LogP contribution in [0, 0.1) is 12.7 Å². The van der Waals surface area contributed by atoms with E-state index in [0.29, 0.717) is 34.0 Å². The van der Waals surface area contributed by atoms with E-state index in [1.54, 1.807) is 6.92 Å². The molecule has 2 aromatic rings. The maximum Gasteiger partial charge on any atom is 0.410 e. The minimum Gasteiger partial charge on any atom is -0.478 e. The number of carboxylic acid groups (broad SMARTS) is 1. The van der Waals surface area contributed by atoms with Crippen LogP contribution in [-0.2, 0) is 4.74 Å². The molecule has 1 aromatic carbocycles. The van der Waals surface area contributed by atoms with Crippen LogP contribution in [0.3, 0.4) is 0 Å². The molecule has 7 nitrogen and oxygen atoms in total. The van der Waals surface area contributed by atoms with Crippen molar-refractivity contribution in [3.63, 3.8) is 0 Å². The van der Waals surface area contributed by atoms with Gasteiger partial charge in [0.15, 0.2) is 0 Å². The van der Waals surface area contributed by atoms with Gasteiger partial charge in [-0.15, -0.1) is 11.3 Å². The summed E-state index contributed by atoms with van der Waals surface area (Å²) in [5, 5.41) is 10.1. The van der Waals surface area contributed by atoms with Crippen molar-refractivity contribution in [2.75, 3.05) is 18.0 Å².